The second-order valence-electron chi connectivity index (χ2n) is 4.16. The molecule has 0 saturated carbocycles. The third-order valence-electron chi connectivity index (χ3n) is 2.75. The van der Waals surface area contributed by atoms with E-state index in [0.717, 1.165) is 5.56 Å². The summed E-state index contributed by atoms with van der Waals surface area (Å²) in [5, 5.41) is 9.23. The SMILES string of the molecule is OC1(C(F)(F)F)CN(Cc2ccccc2)C1. The molecular weight excluding hydrogens is 219 g/mol. The highest BCUT2D eigenvalue weighted by Gasteiger charge is 2.60. The molecule has 16 heavy (non-hydrogen) atoms. The van der Waals surface area contributed by atoms with Crippen molar-refractivity contribution in [3.05, 3.63) is 35.9 Å². The van der Waals surface area contributed by atoms with E-state index in [0.29, 0.717) is 6.54 Å². The van der Waals surface area contributed by atoms with E-state index in [9.17, 15) is 18.3 Å². The molecule has 1 aromatic carbocycles. The molecule has 0 radical (unpaired) electrons. The fraction of sp³-hybridized carbons (Fsp3) is 0.455. The fourth-order valence-electron chi connectivity index (χ4n) is 1.83. The van der Waals surface area contributed by atoms with Crippen LogP contribution in [0.15, 0.2) is 30.3 Å². The highest BCUT2D eigenvalue weighted by molar-refractivity contribution is 5.16. The van der Waals surface area contributed by atoms with Crippen LogP contribution in [0, 0.1) is 0 Å². The van der Waals surface area contributed by atoms with Gasteiger partial charge < -0.3 is 5.11 Å². The maximum Gasteiger partial charge on any atom is 0.419 e. The molecule has 0 spiro atoms. The smallest absolute Gasteiger partial charge is 0.378 e. The van der Waals surface area contributed by atoms with E-state index in [4.69, 9.17) is 0 Å². The summed E-state index contributed by atoms with van der Waals surface area (Å²) in [6.45, 7) is -0.240. The van der Waals surface area contributed by atoms with Crippen molar-refractivity contribution in [2.24, 2.45) is 0 Å². The molecule has 1 aromatic rings. The first kappa shape index (κ1) is 11.4. The van der Waals surface area contributed by atoms with Gasteiger partial charge in [-0.3, -0.25) is 4.90 Å². The van der Waals surface area contributed by atoms with Crippen LogP contribution in [-0.4, -0.2) is 34.9 Å². The molecule has 0 bridgehead atoms. The van der Waals surface area contributed by atoms with E-state index in [1.54, 1.807) is 4.90 Å². The summed E-state index contributed by atoms with van der Waals surface area (Å²) in [6.07, 6.45) is -4.53. The predicted molar refractivity (Wildman–Crippen MR) is 52.7 cm³/mol. The molecule has 5 heteroatoms. The standard InChI is InChI=1S/C11H12F3NO/c12-11(13,14)10(16)7-15(8-10)6-9-4-2-1-3-5-9/h1-5,16H,6-8H2. The zero-order chi connectivity index (χ0) is 11.8. The van der Waals surface area contributed by atoms with Gasteiger partial charge in [-0.15, -0.1) is 0 Å². The zero-order valence-corrected chi connectivity index (χ0v) is 8.54. The maximum absolute atomic E-state index is 12.3. The van der Waals surface area contributed by atoms with Gasteiger partial charge in [-0.2, -0.15) is 13.2 Å². The lowest BCUT2D eigenvalue weighted by Crippen LogP contribution is -2.68. The predicted octanol–water partition coefficient (Wildman–Crippen LogP) is 1.80. The average molecular weight is 231 g/mol. The summed E-state index contributed by atoms with van der Waals surface area (Å²) < 4.78 is 37.0. The van der Waals surface area contributed by atoms with E-state index in [1.807, 2.05) is 30.3 Å². The van der Waals surface area contributed by atoms with Crippen molar-refractivity contribution >= 4 is 0 Å². The zero-order valence-electron chi connectivity index (χ0n) is 8.54. The van der Waals surface area contributed by atoms with Crippen molar-refractivity contribution in [1.82, 2.24) is 4.90 Å². The van der Waals surface area contributed by atoms with Crippen molar-refractivity contribution in [1.29, 1.82) is 0 Å². The second kappa shape index (κ2) is 3.75. The van der Waals surface area contributed by atoms with Crippen molar-refractivity contribution in [3.63, 3.8) is 0 Å². The topological polar surface area (TPSA) is 23.5 Å². The second-order valence-corrected chi connectivity index (χ2v) is 4.16. The lowest BCUT2D eigenvalue weighted by atomic mass is 9.93. The first-order chi connectivity index (χ1) is 7.41. The van der Waals surface area contributed by atoms with Gasteiger partial charge in [-0.05, 0) is 5.56 Å². The molecule has 0 atom stereocenters. The first-order valence-electron chi connectivity index (χ1n) is 4.96. The van der Waals surface area contributed by atoms with E-state index in [2.05, 4.69) is 0 Å². The number of halogens is 3. The Morgan fingerprint density at radius 3 is 2.25 bits per heavy atom. The Bertz CT molecular complexity index is 357. The van der Waals surface area contributed by atoms with Gasteiger partial charge in [0, 0.05) is 19.6 Å². The van der Waals surface area contributed by atoms with Crippen LogP contribution in [-0.2, 0) is 6.54 Å². The normalized spacial score (nSPS) is 20.5. The van der Waals surface area contributed by atoms with Crippen LogP contribution in [0.2, 0.25) is 0 Å². The number of alkyl halides is 3. The number of aliphatic hydroxyl groups is 1. The number of rotatable bonds is 2. The Balaban J connectivity index is 1.90. The maximum atomic E-state index is 12.3. The van der Waals surface area contributed by atoms with Gasteiger partial charge in [0.15, 0.2) is 5.60 Å². The van der Waals surface area contributed by atoms with Crippen LogP contribution < -0.4 is 0 Å². The van der Waals surface area contributed by atoms with Crippen LogP contribution in [0.5, 0.6) is 0 Å². The summed E-state index contributed by atoms with van der Waals surface area (Å²) in [7, 11) is 0. The van der Waals surface area contributed by atoms with E-state index >= 15 is 0 Å². The Kier molecular flexibility index (Phi) is 2.67. The van der Waals surface area contributed by atoms with Crippen molar-refractivity contribution in [2.75, 3.05) is 13.1 Å². The van der Waals surface area contributed by atoms with Gasteiger partial charge in [-0.25, -0.2) is 0 Å². The molecule has 2 rings (SSSR count). The molecule has 1 N–H and O–H groups in total. The van der Waals surface area contributed by atoms with Gasteiger partial charge in [0.2, 0.25) is 0 Å². The molecule has 1 aliphatic heterocycles. The third kappa shape index (κ3) is 2.05. The molecule has 88 valence electrons. The van der Waals surface area contributed by atoms with Crippen LogP contribution in [0.4, 0.5) is 13.2 Å². The molecule has 2 nitrogen and oxygen atoms in total. The summed E-state index contributed by atoms with van der Waals surface area (Å²) in [6, 6.07) is 9.23. The molecule has 1 aliphatic rings. The average Bonchev–Trinajstić information content (AvgIpc) is 2.15. The van der Waals surface area contributed by atoms with E-state index in [1.165, 1.54) is 0 Å². The number of hydrogen-bond acceptors (Lipinski definition) is 2. The number of hydrogen-bond donors (Lipinski definition) is 1. The third-order valence-corrected chi connectivity index (χ3v) is 2.75. The molecule has 1 fully saturated rings. The van der Waals surface area contributed by atoms with E-state index < -0.39 is 11.8 Å². The van der Waals surface area contributed by atoms with Gasteiger partial charge in [0.1, 0.15) is 0 Å². The summed E-state index contributed by atoms with van der Waals surface area (Å²) in [5.41, 5.74) is -1.56. The first-order valence-corrected chi connectivity index (χ1v) is 4.96. The van der Waals surface area contributed by atoms with Gasteiger partial charge in [0.05, 0.1) is 0 Å². The van der Waals surface area contributed by atoms with Crippen LogP contribution in [0.25, 0.3) is 0 Å². The van der Waals surface area contributed by atoms with Gasteiger partial charge in [-0.1, -0.05) is 30.3 Å². The molecule has 1 heterocycles. The van der Waals surface area contributed by atoms with E-state index in [-0.39, 0.29) is 13.1 Å². The Morgan fingerprint density at radius 2 is 1.75 bits per heavy atom. The van der Waals surface area contributed by atoms with Crippen LogP contribution >= 0.6 is 0 Å². The minimum Gasteiger partial charge on any atom is -0.378 e. The fourth-order valence-corrected chi connectivity index (χ4v) is 1.83. The largest absolute Gasteiger partial charge is 0.419 e. The van der Waals surface area contributed by atoms with Crippen molar-refractivity contribution in [3.8, 4) is 0 Å². The number of nitrogens with zero attached hydrogens (tertiary/aromatic N) is 1. The Morgan fingerprint density at radius 1 is 1.19 bits per heavy atom. The lowest BCUT2D eigenvalue weighted by molar-refractivity contribution is -0.302. The van der Waals surface area contributed by atoms with Crippen LogP contribution in [0.3, 0.4) is 0 Å². The minimum atomic E-state index is -4.53. The van der Waals surface area contributed by atoms with Gasteiger partial charge >= 0.3 is 6.18 Å². The number of β-amino-alcohol motifs (C(OH)–C–C–N with tert-alkyl or cyclic N) is 1. The molecule has 0 aliphatic carbocycles. The minimum absolute atomic E-state index is 0.342. The number of benzene rings is 1. The summed E-state index contributed by atoms with van der Waals surface area (Å²) in [5.74, 6) is 0. The monoisotopic (exact) mass is 231 g/mol. The quantitative estimate of drug-likeness (QED) is 0.838. The summed E-state index contributed by atoms with van der Waals surface area (Å²) in [4.78, 5) is 1.57. The molecular formula is C11H12F3NO. The van der Waals surface area contributed by atoms with Crippen molar-refractivity contribution in [2.45, 2.75) is 18.3 Å². The lowest BCUT2D eigenvalue weighted by Gasteiger charge is -2.47. The Hall–Kier alpha value is -1.07. The highest BCUT2D eigenvalue weighted by atomic mass is 19.4. The molecule has 1 saturated heterocycles. The van der Waals surface area contributed by atoms with Crippen LogP contribution in [0.1, 0.15) is 5.56 Å². The Labute approximate surface area is 91.3 Å². The molecule has 0 aromatic heterocycles. The van der Waals surface area contributed by atoms with Crippen molar-refractivity contribution < 1.29 is 18.3 Å². The molecule has 0 amide bonds. The highest BCUT2D eigenvalue weighted by Crippen LogP contribution is 2.38. The summed E-state index contributed by atoms with van der Waals surface area (Å²) >= 11 is 0. The molecule has 0 unspecified atom stereocenters. The number of likely N-dealkylation sites (tertiary alicyclic amines) is 1. The van der Waals surface area contributed by atoms with Gasteiger partial charge in [0.25, 0.3) is 0 Å².